The molecule has 2 rings (SSSR count). The topological polar surface area (TPSA) is 82.2 Å². The van der Waals surface area contributed by atoms with E-state index in [9.17, 15) is 9.59 Å². The number of carbonyl (C=O) groups excluding carboxylic acids is 1. The van der Waals surface area contributed by atoms with E-state index in [-0.39, 0.29) is 17.6 Å². The van der Waals surface area contributed by atoms with Crippen LogP contribution in [0.5, 0.6) is 0 Å². The monoisotopic (exact) mass is 258 g/mol. The average Bonchev–Trinajstić information content (AvgIpc) is 2.38. The highest BCUT2D eigenvalue weighted by molar-refractivity contribution is 6.04. The van der Waals surface area contributed by atoms with E-state index >= 15 is 0 Å². The number of rotatable bonds is 3. The Balaban J connectivity index is 2.23. The second kappa shape index (κ2) is 5.49. The van der Waals surface area contributed by atoms with Crippen molar-refractivity contribution in [2.75, 3.05) is 5.32 Å². The van der Waals surface area contributed by atoms with Gasteiger partial charge in [-0.1, -0.05) is 12.1 Å². The largest absolute Gasteiger partial charge is 0.392 e. The molecule has 1 aromatic heterocycles. The summed E-state index contributed by atoms with van der Waals surface area (Å²) in [5, 5.41) is 11.6. The fourth-order valence-electron chi connectivity index (χ4n) is 1.70. The van der Waals surface area contributed by atoms with Crippen LogP contribution in [-0.2, 0) is 6.61 Å². The molecule has 19 heavy (non-hydrogen) atoms. The number of aryl methyl sites for hydroxylation is 1. The number of anilines is 1. The van der Waals surface area contributed by atoms with Crippen LogP contribution in [-0.4, -0.2) is 16.0 Å². The Labute approximate surface area is 109 Å². The Morgan fingerprint density at radius 3 is 2.84 bits per heavy atom. The van der Waals surface area contributed by atoms with Gasteiger partial charge < -0.3 is 15.4 Å². The van der Waals surface area contributed by atoms with Crippen molar-refractivity contribution in [3.63, 3.8) is 0 Å². The number of aromatic nitrogens is 1. The number of benzene rings is 1. The third-order valence-electron chi connectivity index (χ3n) is 2.67. The summed E-state index contributed by atoms with van der Waals surface area (Å²) in [5.41, 5.74) is 1.66. The molecular formula is C14H14N2O3. The van der Waals surface area contributed by atoms with Crippen molar-refractivity contribution in [1.29, 1.82) is 0 Å². The van der Waals surface area contributed by atoms with Crippen LogP contribution in [0, 0.1) is 6.92 Å². The van der Waals surface area contributed by atoms with Crippen LogP contribution < -0.4 is 10.7 Å². The summed E-state index contributed by atoms with van der Waals surface area (Å²) in [6, 6.07) is 8.19. The lowest BCUT2D eigenvalue weighted by Crippen LogP contribution is -2.21. The standard InChI is InChI=1S/C14H14N2O3/c1-9-5-13(18)12(7-15-9)14(19)16-11-4-2-3-10(6-11)8-17/h2-7,17H,8H2,1H3,(H,15,18)(H,16,19). The minimum atomic E-state index is -0.476. The van der Waals surface area contributed by atoms with Crippen LogP contribution in [0.15, 0.2) is 41.3 Å². The molecule has 5 heteroatoms. The maximum atomic E-state index is 12.0. The van der Waals surface area contributed by atoms with Gasteiger partial charge in [0.05, 0.1) is 6.61 Å². The molecule has 0 saturated heterocycles. The van der Waals surface area contributed by atoms with Crippen molar-refractivity contribution in [1.82, 2.24) is 4.98 Å². The quantitative estimate of drug-likeness (QED) is 0.778. The highest BCUT2D eigenvalue weighted by Crippen LogP contribution is 2.11. The zero-order valence-electron chi connectivity index (χ0n) is 10.4. The molecule has 98 valence electrons. The van der Waals surface area contributed by atoms with E-state index < -0.39 is 5.91 Å². The van der Waals surface area contributed by atoms with Gasteiger partial charge in [-0.2, -0.15) is 0 Å². The van der Waals surface area contributed by atoms with E-state index in [1.54, 1.807) is 31.2 Å². The van der Waals surface area contributed by atoms with Crippen LogP contribution in [0.1, 0.15) is 21.6 Å². The van der Waals surface area contributed by atoms with Crippen LogP contribution in [0.3, 0.4) is 0 Å². The fraction of sp³-hybridized carbons (Fsp3) is 0.143. The lowest BCUT2D eigenvalue weighted by molar-refractivity contribution is 0.102. The minimum absolute atomic E-state index is 0.0556. The molecule has 1 amide bonds. The molecule has 0 aliphatic heterocycles. The van der Waals surface area contributed by atoms with Gasteiger partial charge in [0.15, 0.2) is 5.43 Å². The van der Waals surface area contributed by atoms with E-state index in [1.165, 1.54) is 12.3 Å². The maximum absolute atomic E-state index is 12.0. The minimum Gasteiger partial charge on any atom is -0.392 e. The number of H-pyrrole nitrogens is 1. The summed E-state index contributed by atoms with van der Waals surface area (Å²) < 4.78 is 0. The van der Waals surface area contributed by atoms with Gasteiger partial charge in [-0.05, 0) is 24.6 Å². The number of aliphatic hydroxyl groups is 1. The molecule has 5 nitrogen and oxygen atoms in total. The zero-order chi connectivity index (χ0) is 13.8. The summed E-state index contributed by atoms with van der Waals surface area (Å²) in [6.07, 6.45) is 1.39. The van der Waals surface area contributed by atoms with Crippen LogP contribution in [0.2, 0.25) is 0 Å². The fourth-order valence-corrected chi connectivity index (χ4v) is 1.70. The molecule has 0 atom stereocenters. The normalized spacial score (nSPS) is 10.2. The molecule has 0 bridgehead atoms. The Kier molecular flexibility index (Phi) is 3.77. The number of aromatic amines is 1. The van der Waals surface area contributed by atoms with Gasteiger partial charge >= 0.3 is 0 Å². The first-order valence-electron chi connectivity index (χ1n) is 5.80. The van der Waals surface area contributed by atoms with Gasteiger partial charge in [-0.25, -0.2) is 0 Å². The Bertz CT molecular complexity index is 662. The van der Waals surface area contributed by atoms with E-state index in [0.29, 0.717) is 16.9 Å². The molecule has 0 saturated carbocycles. The Hall–Kier alpha value is -2.40. The van der Waals surface area contributed by atoms with Gasteiger partial charge in [0, 0.05) is 23.6 Å². The Morgan fingerprint density at radius 1 is 1.37 bits per heavy atom. The third kappa shape index (κ3) is 3.08. The summed E-state index contributed by atoms with van der Waals surface area (Å²) in [4.78, 5) is 26.5. The number of nitrogens with one attached hydrogen (secondary N) is 2. The molecule has 2 aromatic rings. The summed E-state index contributed by atoms with van der Waals surface area (Å²) >= 11 is 0. The highest BCUT2D eigenvalue weighted by atomic mass is 16.3. The lowest BCUT2D eigenvalue weighted by Gasteiger charge is -2.06. The molecule has 0 unspecified atom stereocenters. The second-order valence-corrected chi connectivity index (χ2v) is 4.21. The van der Waals surface area contributed by atoms with E-state index in [4.69, 9.17) is 5.11 Å². The number of aliphatic hydroxyl groups excluding tert-OH is 1. The predicted octanol–water partition coefficient (Wildman–Crippen LogP) is 1.43. The van der Waals surface area contributed by atoms with Crippen LogP contribution in [0.4, 0.5) is 5.69 Å². The molecule has 0 aliphatic carbocycles. The van der Waals surface area contributed by atoms with Gasteiger partial charge in [-0.15, -0.1) is 0 Å². The molecule has 1 aromatic carbocycles. The van der Waals surface area contributed by atoms with Gasteiger partial charge in [0.1, 0.15) is 5.56 Å². The Morgan fingerprint density at radius 2 is 2.16 bits per heavy atom. The number of amides is 1. The second-order valence-electron chi connectivity index (χ2n) is 4.21. The molecule has 1 heterocycles. The van der Waals surface area contributed by atoms with Crippen molar-refractivity contribution < 1.29 is 9.90 Å². The first kappa shape index (κ1) is 13.0. The van der Waals surface area contributed by atoms with E-state index in [1.807, 2.05) is 0 Å². The summed E-state index contributed by atoms with van der Waals surface area (Å²) in [5.74, 6) is -0.476. The number of carbonyl (C=O) groups is 1. The van der Waals surface area contributed by atoms with Crippen LogP contribution in [0.25, 0.3) is 0 Å². The lowest BCUT2D eigenvalue weighted by atomic mass is 10.2. The summed E-state index contributed by atoms with van der Waals surface area (Å²) in [6.45, 7) is 1.64. The zero-order valence-corrected chi connectivity index (χ0v) is 10.4. The van der Waals surface area contributed by atoms with Crippen molar-refractivity contribution in [2.24, 2.45) is 0 Å². The number of pyridine rings is 1. The van der Waals surface area contributed by atoms with Crippen molar-refractivity contribution in [3.05, 3.63) is 63.6 Å². The SMILES string of the molecule is Cc1cc(=O)c(C(=O)Nc2cccc(CO)c2)c[nH]1. The number of hydrogen-bond donors (Lipinski definition) is 3. The first-order chi connectivity index (χ1) is 9.10. The molecule has 3 N–H and O–H groups in total. The molecular weight excluding hydrogens is 244 g/mol. The molecule has 0 aliphatic rings. The smallest absolute Gasteiger partial charge is 0.261 e. The van der Waals surface area contributed by atoms with Crippen molar-refractivity contribution >= 4 is 11.6 Å². The van der Waals surface area contributed by atoms with Gasteiger partial charge in [0.2, 0.25) is 0 Å². The van der Waals surface area contributed by atoms with Gasteiger partial charge in [-0.3, -0.25) is 9.59 Å². The van der Waals surface area contributed by atoms with Crippen molar-refractivity contribution in [3.8, 4) is 0 Å². The summed E-state index contributed by atoms with van der Waals surface area (Å²) in [7, 11) is 0. The predicted molar refractivity (Wildman–Crippen MR) is 72.1 cm³/mol. The molecule has 0 spiro atoms. The van der Waals surface area contributed by atoms with E-state index in [0.717, 1.165) is 0 Å². The highest BCUT2D eigenvalue weighted by Gasteiger charge is 2.10. The first-order valence-corrected chi connectivity index (χ1v) is 5.80. The maximum Gasteiger partial charge on any atom is 0.261 e. The molecule has 0 radical (unpaired) electrons. The van der Waals surface area contributed by atoms with E-state index in [2.05, 4.69) is 10.3 Å². The van der Waals surface area contributed by atoms with Crippen LogP contribution >= 0.6 is 0 Å². The average molecular weight is 258 g/mol. The third-order valence-corrected chi connectivity index (χ3v) is 2.67. The van der Waals surface area contributed by atoms with Gasteiger partial charge in [0.25, 0.3) is 5.91 Å². The van der Waals surface area contributed by atoms with Crippen molar-refractivity contribution in [2.45, 2.75) is 13.5 Å². The molecule has 0 fully saturated rings. The number of hydrogen-bond acceptors (Lipinski definition) is 3.